The predicted octanol–water partition coefficient (Wildman–Crippen LogP) is 4.43. The molecule has 150 valence electrons. The molecule has 0 amide bonds. The third-order valence-electron chi connectivity index (χ3n) is 4.12. The fourth-order valence-electron chi connectivity index (χ4n) is 2.73. The first-order valence-electron chi connectivity index (χ1n) is 9.84. The topological polar surface area (TPSA) is 71.7 Å². The number of benzene rings is 1. The lowest BCUT2D eigenvalue weighted by molar-refractivity contribution is 0.143. The maximum Gasteiger partial charge on any atom is 0.191 e. The van der Waals surface area contributed by atoms with Gasteiger partial charge in [-0.1, -0.05) is 12.1 Å². The van der Waals surface area contributed by atoms with Gasteiger partial charge in [0.05, 0.1) is 10.2 Å². The van der Waals surface area contributed by atoms with Crippen LogP contribution in [0.4, 0.5) is 0 Å². The van der Waals surface area contributed by atoms with Crippen LogP contribution < -0.4 is 10.6 Å². The van der Waals surface area contributed by atoms with Crippen LogP contribution in [0.1, 0.15) is 32.4 Å². The molecule has 0 unspecified atom stereocenters. The number of hydrogen-bond donors (Lipinski definition) is 2. The van der Waals surface area contributed by atoms with Crippen molar-refractivity contribution in [2.24, 2.45) is 4.99 Å². The smallest absolute Gasteiger partial charge is 0.191 e. The van der Waals surface area contributed by atoms with Crippen molar-refractivity contribution >= 4 is 27.5 Å². The Bertz CT molecular complexity index is 854. The molecule has 2 aromatic heterocycles. The van der Waals surface area contributed by atoms with Crippen LogP contribution in [0.5, 0.6) is 0 Å². The lowest BCUT2D eigenvalue weighted by Crippen LogP contribution is -2.37. The van der Waals surface area contributed by atoms with Crippen molar-refractivity contribution in [2.75, 3.05) is 26.3 Å². The first-order valence-corrected chi connectivity index (χ1v) is 10.7. The Morgan fingerprint density at radius 1 is 1.14 bits per heavy atom. The molecular weight excluding hydrogens is 372 g/mol. The number of nitrogens with zero attached hydrogens (tertiary/aromatic N) is 2. The van der Waals surface area contributed by atoms with Crippen molar-refractivity contribution in [1.82, 2.24) is 15.6 Å². The maximum absolute atomic E-state index is 5.97. The molecule has 0 radical (unpaired) electrons. The molecule has 0 atom stereocenters. The van der Waals surface area contributed by atoms with Gasteiger partial charge in [-0.2, -0.15) is 0 Å². The highest BCUT2D eigenvalue weighted by Crippen LogP contribution is 2.31. The minimum absolute atomic E-state index is 0.485. The summed E-state index contributed by atoms with van der Waals surface area (Å²) in [7, 11) is 0. The number of aliphatic imine (C=N–C) groups is 1. The molecule has 1 aromatic carbocycles. The largest absolute Gasteiger partial charge is 0.457 e. The molecule has 0 saturated heterocycles. The number of thiazole rings is 1. The van der Waals surface area contributed by atoms with Crippen LogP contribution in [-0.4, -0.2) is 37.2 Å². The highest BCUT2D eigenvalue weighted by molar-refractivity contribution is 7.21. The van der Waals surface area contributed by atoms with Gasteiger partial charge in [0.1, 0.15) is 12.3 Å². The highest BCUT2D eigenvalue weighted by atomic mass is 32.1. The average Bonchev–Trinajstić information content (AvgIpc) is 3.35. The zero-order valence-electron chi connectivity index (χ0n) is 16.5. The number of para-hydroxylation sites is 1. The molecule has 6 nitrogen and oxygen atoms in total. The maximum atomic E-state index is 5.97. The molecule has 0 aliphatic rings. The summed E-state index contributed by atoms with van der Waals surface area (Å²) >= 11 is 1.64. The summed E-state index contributed by atoms with van der Waals surface area (Å²) in [6.07, 6.45) is 2.09. The first kappa shape index (κ1) is 20.4. The van der Waals surface area contributed by atoms with Gasteiger partial charge in [-0.3, -0.25) is 0 Å². The first-order chi connectivity index (χ1) is 13.8. The number of rotatable bonds is 10. The summed E-state index contributed by atoms with van der Waals surface area (Å²) in [5.41, 5.74) is 1.00. The van der Waals surface area contributed by atoms with E-state index in [-0.39, 0.29) is 0 Å². The number of furan rings is 1. The molecule has 3 aromatic rings. The van der Waals surface area contributed by atoms with Gasteiger partial charge in [0, 0.05) is 26.3 Å². The van der Waals surface area contributed by atoms with Gasteiger partial charge in [-0.15, -0.1) is 11.3 Å². The second-order valence-corrected chi connectivity index (χ2v) is 7.31. The zero-order chi connectivity index (χ0) is 19.6. The van der Waals surface area contributed by atoms with E-state index in [1.54, 1.807) is 11.3 Å². The fourth-order valence-corrected chi connectivity index (χ4v) is 3.66. The van der Waals surface area contributed by atoms with Crippen molar-refractivity contribution < 1.29 is 9.15 Å². The summed E-state index contributed by atoms with van der Waals surface area (Å²) in [6.45, 7) is 7.84. The van der Waals surface area contributed by atoms with E-state index in [1.807, 2.05) is 37.3 Å². The summed E-state index contributed by atoms with van der Waals surface area (Å²) in [4.78, 5) is 9.27. The number of aromatic nitrogens is 1. The Hall–Kier alpha value is -2.38. The van der Waals surface area contributed by atoms with E-state index in [1.165, 1.54) is 0 Å². The van der Waals surface area contributed by atoms with E-state index < -0.39 is 0 Å². The van der Waals surface area contributed by atoms with E-state index in [2.05, 4.69) is 33.6 Å². The second kappa shape index (κ2) is 10.8. The van der Waals surface area contributed by atoms with Gasteiger partial charge in [0.2, 0.25) is 0 Å². The van der Waals surface area contributed by atoms with E-state index in [9.17, 15) is 0 Å². The molecular formula is C21H28N4O2S. The zero-order valence-corrected chi connectivity index (χ0v) is 17.3. The van der Waals surface area contributed by atoms with E-state index >= 15 is 0 Å². The molecule has 0 fully saturated rings. The van der Waals surface area contributed by atoms with Crippen LogP contribution in [0.3, 0.4) is 0 Å². The molecule has 0 aliphatic heterocycles. The standard InChI is InChI=1S/C21H28N4O2S/c1-3-22-21(23-13-7-8-14-26-4-2)24-15-16-11-12-18(27-16)20-25-17-9-5-6-10-19(17)28-20/h5-6,9-12H,3-4,7-8,13-15H2,1-2H3,(H2,22,23,24). The van der Waals surface area contributed by atoms with Gasteiger partial charge >= 0.3 is 0 Å². The summed E-state index contributed by atoms with van der Waals surface area (Å²) in [5.74, 6) is 2.42. The van der Waals surface area contributed by atoms with Crippen LogP contribution in [0, 0.1) is 0 Å². The fraction of sp³-hybridized carbons (Fsp3) is 0.429. The predicted molar refractivity (Wildman–Crippen MR) is 116 cm³/mol. The van der Waals surface area contributed by atoms with Crippen molar-refractivity contribution in [2.45, 2.75) is 33.2 Å². The summed E-state index contributed by atoms with van der Waals surface area (Å²) in [6, 6.07) is 12.1. The van der Waals surface area contributed by atoms with E-state index in [0.29, 0.717) is 6.54 Å². The Morgan fingerprint density at radius 3 is 2.86 bits per heavy atom. The van der Waals surface area contributed by atoms with Gasteiger partial charge < -0.3 is 19.8 Å². The van der Waals surface area contributed by atoms with Gasteiger partial charge in [0.25, 0.3) is 0 Å². The minimum atomic E-state index is 0.485. The van der Waals surface area contributed by atoms with Crippen LogP contribution in [0.2, 0.25) is 0 Å². The molecule has 2 N–H and O–H groups in total. The third-order valence-corrected chi connectivity index (χ3v) is 5.17. The molecule has 0 aliphatic carbocycles. The normalized spacial score (nSPS) is 11.9. The molecule has 3 rings (SSSR count). The molecule has 0 saturated carbocycles. The molecule has 0 bridgehead atoms. The summed E-state index contributed by atoms with van der Waals surface area (Å²) in [5, 5.41) is 7.52. The Morgan fingerprint density at radius 2 is 2.04 bits per heavy atom. The van der Waals surface area contributed by atoms with Crippen LogP contribution in [0.15, 0.2) is 45.8 Å². The molecule has 0 spiro atoms. The minimum Gasteiger partial charge on any atom is -0.457 e. The van der Waals surface area contributed by atoms with Crippen molar-refractivity contribution in [3.63, 3.8) is 0 Å². The quantitative estimate of drug-likeness (QED) is 0.299. The average molecular weight is 401 g/mol. The number of ether oxygens (including phenoxy) is 1. The van der Waals surface area contributed by atoms with Crippen molar-refractivity contribution in [1.29, 1.82) is 0 Å². The van der Waals surface area contributed by atoms with E-state index in [0.717, 1.165) is 71.8 Å². The Kier molecular flexibility index (Phi) is 7.87. The molecule has 2 heterocycles. The SMILES string of the molecule is CCNC(=NCc1ccc(-c2nc3ccccc3s2)o1)NCCCCOCC. The molecule has 28 heavy (non-hydrogen) atoms. The number of guanidine groups is 1. The van der Waals surface area contributed by atoms with Crippen LogP contribution in [0.25, 0.3) is 21.0 Å². The van der Waals surface area contributed by atoms with E-state index in [4.69, 9.17) is 9.15 Å². The van der Waals surface area contributed by atoms with Crippen LogP contribution in [-0.2, 0) is 11.3 Å². The van der Waals surface area contributed by atoms with Crippen molar-refractivity contribution in [3.8, 4) is 10.8 Å². The van der Waals surface area contributed by atoms with Crippen LogP contribution >= 0.6 is 11.3 Å². The van der Waals surface area contributed by atoms with Crippen molar-refractivity contribution in [3.05, 3.63) is 42.2 Å². The number of hydrogen-bond acceptors (Lipinski definition) is 5. The Balaban J connectivity index is 1.55. The lowest BCUT2D eigenvalue weighted by Gasteiger charge is -2.10. The number of fused-ring (bicyclic) bond motifs is 1. The van der Waals surface area contributed by atoms with Gasteiger partial charge in [-0.05, 0) is 51.0 Å². The third kappa shape index (κ3) is 5.81. The Labute approximate surface area is 170 Å². The number of unbranched alkanes of at least 4 members (excludes halogenated alkanes) is 1. The van der Waals surface area contributed by atoms with Gasteiger partial charge in [0.15, 0.2) is 16.7 Å². The number of nitrogens with one attached hydrogen (secondary N) is 2. The summed E-state index contributed by atoms with van der Waals surface area (Å²) < 4.78 is 12.5. The monoisotopic (exact) mass is 400 g/mol. The lowest BCUT2D eigenvalue weighted by atomic mass is 10.3. The highest BCUT2D eigenvalue weighted by Gasteiger charge is 2.10. The molecule has 7 heteroatoms. The second-order valence-electron chi connectivity index (χ2n) is 6.28. The van der Waals surface area contributed by atoms with Gasteiger partial charge in [-0.25, -0.2) is 9.98 Å².